The largest absolute Gasteiger partial charge is 0.236 e. The van der Waals surface area contributed by atoms with Crippen LogP contribution in [0.25, 0.3) is 10.3 Å². The molecule has 0 radical (unpaired) electrons. The van der Waals surface area contributed by atoms with Crippen LogP contribution in [0.5, 0.6) is 0 Å². The van der Waals surface area contributed by atoms with Crippen molar-refractivity contribution in [2.45, 2.75) is 11.3 Å². The number of hydrogen-bond donors (Lipinski definition) is 0. The lowest BCUT2D eigenvalue weighted by atomic mass is 10.3. The van der Waals surface area contributed by atoms with Crippen LogP contribution >= 0.6 is 11.3 Å². The molecule has 0 aliphatic rings. The van der Waals surface area contributed by atoms with Crippen molar-refractivity contribution in [1.29, 1.82) is 0 Å². The number of thiazole rings is 1. The minimum atomic E-state index is -3.21. The summed E-state index contributed by atoms with van der Waals surface area (Å²) >= 11 is 1.16. The van der Waals surface area contributed by atoms with E-state index >= 15 is 0 Å². The highest BCUT2D eigenvalue weighted by atomic mass is 32.2. The molecule has 0 unspecified atom stereocenters. The third-order valence-electron chi connectivity index (χ3n) is 1.68. The first kappa shape index (κ1) is 9.54. The molecule has 0 N–H and O–H groups in total. The zero-order valence-corrected chi connectivity index (χ0v) is 9.32. The highest BCUT2D eigenvalue weighted by Crippen LogP contribution is 2.24. The van der Waals surface area contributed by atoms with Gasteiger partial charge in [0.2, 0.25) is 14.2 Å². The summed E-state index contributed by atoms with van der Waals surface area (Å²) in [5.74, 6) is 0. The second-order valence-electron chi connectivity index (χ2n) is 3.09. The van der Waals surface area contributed by atoms with Crippen LogP contribution in [0.4, 0.5) is 0 Å². The number of hydrogen-bond acceptors (Lipinski definition) is 5. The molecule has 0 aromatic carbocycles. The van der Waals surface area contributed by atoms with Gasteiger partial charge in [-0.3, -0.25) is 0 Å². The number of aryl methyl sites for hydroxylation is 1. The Kier molecular flexibility index (Phi) is 2.04. The highest BCUT2D eigenvalue weighted by molar-refractivity contribution is 7.92. The lowest BCUT2D eigenvalue weighted by Gasteiger charge is -1.87. The van der Waals surface area contributed by atoms with Gasteiger partial charge in [-0.2, -0.15) is 0 Å². The van der Waals surface area contributed by atoms with Crippen LogP contribution in [0, 0.1) is 6.92 Å². The molecule has 0 spiro atoms. The van der Waals surface area contributed by atoms with Crippen LogP contribution in [-0.2, 0) is 9.84 Å². The van der Waals surface area contributed by atoms with E-state index in [1.54, 1.807) is 6.20 Å². The minimum absolute atomic E-state index is 0.130. The standard InChI is InChI=1S/C8H8N2O2S2/c1-5-3-6-7(9-4-5)10-8(13-6)14(2,11)12/h3-4H,1-2H3. The SMILES string of the molecule is Cc1cnc2nc(S(C)(=O)=O)sc2c1. The van der Waals surface area contributed by atoms with Crippen molar-refractivity contribution in [1.82, 2.24) is 9.97 Å². The third kappa shape index (κ3) is 1.62. The van der Waals surface area contributed by atoms with Gasteiger partial charge in [-0.25, -0.2) is 18.4 Å². The molecule has 4 nitrogen and oxygen atoms in total. The third-order valence-corrected chi connectivity index (χ3v) is 4.35. The van der Waals surface area contributed by atoms with Crippen LogP contribution < -0.4 is 0 Å². The molecule has 2 aromatic rings. The van der Waals surface area contributed by atoms with Gasteiger partial charge < -0.3 is 0 Å². The fraction of sp³-hybridized carbons (Fsp3) is 0.250. The molecule has 0 amide bonds. The molecule has 0 aliphatic heterocycles. The number of aromatic nitrogens is 2. The van der Waals surface area contributed by atoms with Crippen LogP contribution in [-0.4, -0.2) is 24.6 Å². The molecule has 2 heterocycles. The smallest absolute Gasteiger partial charge is 0.211 e. The van der Waals surface area contributed by atoms with Gasteiger partial charge in [0.1, 0.15) is 0 Å². The summed E-state index contributed by atoms with van der Waals surface area (Å²) in [6, 6.07) is 1.88. The van der Waals surface area contributed by atoms with E-state index in [4.69, 9.17) is 0 Å². The Hall–Kier alpha value is -1.01. The quantitative estimate of drug-likeness (QED) is 0.740. The number of nitrogens with zero attached hydrogens (tertiary/aromatic N) is 2. The topological polar surface area (TPSA) is 59.9 Å². The Balaban J connectivity index is 2.75. The van der Waals surface area contributed by atoms with Crippen molar-refractivity contribution in [3.8, 4) is 0 Å². The molecule has 2 rings (SSSR count). The van der Waals surface area contributed by atoms with E-state index in [-0.39, 0.29) is 4.34 Å². The van der Waals surface area contributed by atoms with E-state index in [1.807, 2.05) is 13.0 Å². The maximum Gasteiger partial charge on any atom is 0.211 e. The molecule has 0 bridgehead atoms. The molecule has 0 saturated carbocycles. The second-order valence-corrected chi connectivity index (χ2v) is 6.31. The lowest BCUT2D eigenvalue weighted by molar-refractivity contribution is 0.601. The number of sulfone groups is 1. The van der Waals surface area contributed by atoms with Crippen molar-refractivity contribution in [3.05, 3.63) is 17.8 Å². The van der Waals surface area contributed by atoms with E-state index in [1.165, 1.54) is 0 Å². The van der Waals surface area contributed by atoms with Gasteiger partial charge in [0.05, 0.1) is 4.70 Å². The first-order chi connectivity index (χ1) is 6.47. The molecule has 74 valence electrons. The Morgan fingerprint density at radius 2 is 2.14 bits per heavy atom. The normalized spacial score (nSPS) is 12.1. The summed E-state index contributed by atoms with van der Waals surface area (Å²) in [4.78, 5) is 7.99. The predicted octanol–water partition coefficient (Wildman–Crippen LogP) is 1.40. The Morgan fingerprint density at radius 3 is 2.79 bits per heavy atom. The predicted molar refractivity (Wildman–Crippen MR) is 55.3 cm³/mol. The Bertz CT molecular complexity index is 586. The second kappa shape index (κ2) is 2.99. The lowest BCUT2D eigenvalue weighted by Crippen LogP contribution is -1.95. The number of fused-ring (bicyclic) bond motifs is 1. The molecule has 0 atom stereocenters. The van der Waals surface area contributed by atoms with Gasteiger partial charge in [-0.1, -0.05) is 0 Å². The molecule has 0 saturated heterocycles. The van der Waals surface area contributed by atoms with E-state index in [0.29, 0.717) is 5.65 Å². The van der Waals surface area contributed by atoms with Crippen LogP contribution in [0.15, 0.2) is 16.6 Å². The molecule has 14 heavy (non-hydrogen) atoms. The molecule has 0 aliphatic carbocycles. The summed E-state index contributed by atoms with van der Waals surface area (Å²) < 4.78 is 23.4. The summed E-state index contributed by atoms with van der Waals surface area (Å²) in [5, 5.41) is 0. The Morgan fingerprint density at radius 1 is 1.43 bits per heavy atom. The highest BCUT2D eigenvalue weighted by Gasteiger charge is 2.14. The Labute approximate surface area is 85.5 Å². The van der Waals surface area contributed by atoms with Gasteiger partial charge in [0.25, 0.3) is 0 Å². The van der Waals surface area contributed by atoms with Crippen molar-refractivity contribution >= 4 is 31.5 Å². The average molecular weight is 228 g/mol. The van der Waals surface area contributed by atoms with Crippen molar-refractivity contribution in [3.63, 3.8) is 0 Å². The van der Waals surface area contributed by atoms with E-state index in [0.717, 1.165) is 27.9 Å². The maximum atomic E-state index is 11.2. The van der Waals surface area contributed by atoms with E-state index < -0.39 is 9.84 Å². The fourth-order valence-electron chi connectivity index (χ4n) is 1.06. The maximum absolute atomic E-state index is 11.2. The summed E-state index contributed by atoms with van der Waals surface area (Å²) in [6.07, 6.45) is 2.83. The summed E-state index contributed by atoms with van der Waals surface area (Å²) in [5.41, 5.74) is 1.50. The van der Waals surface area contributed by atoms with Crippen LogP contribution in [0.3, 0.4) is 0 Å². The molecular weight excluding hydrogens is 220 g/mol. The van der Waals surface area contributed by atoms with Crippen molar-refractivity contribution in [2.24, 2.45) is 0 Å². The zero-order valence-electron chi connectivity index (χ0n) is 7.68. The first-order valence-corrected chi connectivity index (χ1v) is 6.61. The monoisotopic (exact) mass is 228 g/mol. The zero-order chi connectivity index (χ0) is 10.3. The van der Waals surface area contributed by atoms with E-state index in [9.17, 15) is 8.42 Å². The van der Waals surface area contributed by atoms with E-state index in [2.05, 4.69) is 9.97 Å². The van der Waals surface area contributed by atoms with Gasteiger partial charge >= 0.3 is 0 Å². The molecule has 2 aromatic heterocycles. The van der Waals surface area contributed by atoms with Gasteiger partial charge in [-0.15, -0.1) is 11.3 Å². The van der Waals surface area contributed by atoms with Crippen LogP contribution in [0.2, 0.25) is 0 Å². The fourth-order valence-corrected chi connectivity index (χ4v) is 2.94. The van der Waals surface area contributed by atoms with Gasteiger partial charge in [-0.05, 0) is 18.6 Å². The summed E-state index contributed by atoms with van der Waals surface area (Å²) in [6.45, 7) is 1.91. The summed E-state index contributed by atoms with van der Waals surface area (Å²) in [7, 11) is -3.21. The van der Waals surface area contributed by atoms with Crippen LogP contribution in [0.1, 0.15) is 5.56 Å². The van der Waals surface area contributed by atoms with Gasteiger partial charge in [0.15, 0.2) is 5.65 Å². The molecule has 0 fully saturated rings. The van der Waals surface area contributed by atoms with Crippen molar-refractivity contribution < 1.29 is 8.42 Å². The number of rotatable bonds is 1. The number of pyridine rings is 1. The molecular formula is C8H8N2O2S2. The van der Waals surface area contributed by atoms with Gasteiger partial charge in [0, 0.05) is 12.5 Å². The van der Waals surface area contributed by atoms with Crippen molar-refractivity contribution in [2.75, 3.05) is 6.26 Å². The molecule has 6 heteroatoms. The average Bonchev–Trinajstić information content (AvgIpc) is 2.45. The first-order valence-electron chi connectivity index (χ1n) is 3.90. The minimum Gasteiger partial charge on any atom is -0.236 e.